The predicted molar refractivity (Wildman–Crippen MR) is 65.8 cm³/mol. The van der Waals surface area contributed by atoms with Gasteiger partial charge in [-0.1, -0.05) is 6.92 Å². The van der Waals surface area contributed by atoms with Gasteiger partial charge in [0.25, 0.3) is 5.91 Å². The summed E-state index contributed by atoms with van der Waals surface area (Å²) in [6.45, 7) is 3.07. The summed E-state index contributed by atoms with van der Waals surface area (Å²) in [6, 6.07) is 0. The summed E-state index contributed by atoms with van der Waals surface area (Å²) in [7, 11) is 0. The number of hydrogen-bond donors (Lipinski definition) is 2. The first-order valence-electron chi connectivity index (χ1n) is 6.23. The maximum Gasteiger partial charge on any atom is 0.331 e. The van der Waals surface area contributed by atoms with Crippen LogP contribution in [-0.4, -0.2) is 45.5 Å². The Morgan fingerprint density at radius 1 is 1.63 bits per heavy atom. The van der Waals surface area contributed by atoms with E-state index < -0.39 is 17.4 Å². The monoisotopic (exact) mass is 267 g/mol. The molecule has 1 aliphatic heterocycles. The Morgan fingerprint density at radius 2 is 2.42 bits per heavy atom. The number of carbonyl (C=O) groups excluding carboxylic acids is 1. The predicted octanol–water partition coefficient (Wildman–Crippen LogP) is 0.267. The van der Waals surface area contributed by atoms with Gasteiger partial charge in [-0.15, -0.1) is 0 Å². The van der Waals surface area contributed by atoms with Crippen LogP contribution >= 0.6 is 0 Å². The Bertz CT molecular complexity index is 477. The van der Waals surface area contributed by atoms with Crippen LogP contribution in [-0.2, 0) is 16.1 Å². The molecule has 1 saturated heterocycles. The SMILES string of the molecule is CCCn1cc(C(=O)NC2(C(=O)O)CCOC2)cn1. The number of amides is 1. The van der Waals surface area contributed by atoms with E-state index in [2.05, 4.69) is 10.4 Å². The van der Waals surface area contributed by atoms with Crippen LogP contribution in [0.15, 0.2) is 12.4 Å². The highest BCUT2D eigenvalue weighted by Gasteiger charge is 2.44. The third-order valence-electron chi connectivity index (χ3n) is 3.13. The normalized spacial score (nSPS) is 22.4. The molecule has 2 rings (SSSR count). The van der Waals surface area contributed by atoms with E-state index in [0.717, 1.165) is 13.0 Å². The van der Waals surface area contributed by atoms with Crippen LogP contribution in [0, 0.1) is 0 Å². The number of aromatic nitrogens is 2. The first kappa shape index (κ1) is 13.5. The van der Waals surface area contributed by atoms with Crippen molar-refractivity contribution in [3.05, 3.63) is 18.0 Å². The number of ether oxygens (including phenoxy) is 1. The van der Waals surface area contributed by atoms with Gasteiger partial charge in [0.1, 0.15) is 0 Å². The largest absolute Gasteiger partial charge is 0.479 e. The maximum atomic E-state index is 12.0. The van der Waals surface area contributed by atoms with E-state index in [4.69, 9.17) is 4.74 Å². The van der Waals surface area contributed by atoms with Crippen molar-refractivity contribution in [3.63, 3.8) is 0 Å². The molecule has 1 aromatic heterocycles. The molecule has 1 unspecified atom stereocenters. The number of aryl methyl sites for hydroxylation is 1. The number of nitrogens with one attached hydrogen (secondary N) is 1. The van der Waals surface area contributed by atoms with Crippen molar-refractivity contribution < 1.29 is 19.4 Å². The number of carboxylic acids is 1. The zero-order valence-electron chi connectivity index (χ0n) is 10.8. The Labute approximate surface area is 110 Å². The van der Waals surface area contributed by atoms with Crippen LogP contribution in [0.4, 0.5) is 0 Å². The van der Waals surface area contributed by atoms with E-state index >= 15 is 0 Å². The van der Waals surface area contributed by atoms with Gasteiger partial charge in [-0.3, -0.25) is 9.48 Å². The molecule has 7 heteroatoms. The zero-order chi connectivity index (χ0) is 13.9. The van der Waals surface area contributed by atoms with E-state index in [1.807, 2.05) is 6.92 Å². The number of aliphatic carboxylic acids is 1. The molecule has 1 atom stereocenters. The van der Waals surface area contributed by atoms with Gasteiger partial charge in [0.05, 0.1) is 18.4 Å². The van der Waals surface area contributed by atoms with Crippen molar-refractivity contribution >= 4 is 11.9 Å². The van der Waals surface area contributed by atoms with E-state index in [0.29, 0.717) is 12.2 Å². The highest BCUT2D eigenvalue weighted by atomic mass is 16.5. The van der Waals surface area contributed by atoms with Gasteiger partial charge < -0.3 is 15.2 Å². The molecule has 1 aliphatic rings. The Balaban J connectivity index is 2.08. The molecule has 0 bridgehead atoms. The van der Waals surface area contributed by atoms with Crippen molar-refractivity contribution in [2.75, 3.05) is 13.2 Å². The number of rotatable bonds is 5. The topological polar surface area (TPSA) is 93.5 Å². The summed E-state index contributed by atoms with van der Waals surface area (Å²) in [5.41, 5.74) is -0.954. The minimum atomic E-state index is -1.32. The van der Waals surface area contributed by atoms with Crippen molar-refractivity contribution in [3.8, 4) is 0 Å². The lowest BCUT2D eigenvalue weighted by molar-refractivity contribution is -0.144. The van der Waals surface area contributed by atoms with Crippen LogP contribution in [0.1, 0.15) is 30.1 Å². The van der Waals surface area contributed by atoms with Gasteiger partial charge >= 0.3 is 5.97 Å². The average Bonchev–Trinajstić information content (AvgIpc) is 2.99. The van der Waals surface area contributed by atoms with Gasteiger partial charge in [-0.2, -0.15) is 5.10 Å². The molecule has 1 aromatic rings. The highest BCUT2D eigenvalue weighted by Crippen LogP contribution is 2.19. The second kappa shape index (κ2) is 5.40. The van der Waals surface area contributed by atoms with Crippen LogP contribution in [0.3, 0.4) is 0 Å². The first-order valence-corrected chi connectivity index (χ1v) is 6.23. The molecule has 19 heavy (non-hydrogen) atoms. The molecule has 2 N–H and O–H groups in total. The molecule has 0 aromatic carbocycles. The molecular weight excluding hydrogens is 250 g/mol. The average molecular weight is 267 g/mol. The fourth-order valence-corrected chi connectivity index (χ4v) is 2.01. The standard InChI is InChI=1S/C12H17N3O4/c1-2-4-15-7-9(6-13-15)10(16)14-12(11(17)18)3-5-19-8-12/h6-7H,2-5,8H2,1H3,(H,14,16)(H,17,18). The maximum absolute atomic E-state index is 12.0. The van der Waals surface area contributed by atoms with Gasteiger partial charge in [-0.25, -0.2) is 4.79 Å². The summed E-state index contributed by atoms with van der Waals surface area (Å²) in [5, 5.41) is 15.8. The Kier molecular flexibility index (Phi) is 3.84. The zero-order valence-corrected chi connectivity index (χ0v) is 10.8. The van der Waals surface area contributed by atoms with E-state index in [1.54, 1.807) is 10.9 Å². The van der Waals surface area contributed by atoms with Crippen molar-refractivity contribution in [1.82, 2.24) is 15.1 Å². The third kappa shape index (κ3) is 2.76. The second-order valence-electron chi connectivity index (χ2n) is 4.64. The lowest BCUT2D eigenvalue weighted by atomic mass is 9.98. The minimum absolute atomic E-state index is 0.00281. The molecule has 0 radical (unpaired) electrons. The van der Waals surface area contributed by atoms with Crippen molar-refractivity contribution in [2.45, 2.75) is 31.8 Å². The van der Waals surface area contributed by atoms with Crippen LogP contribution in [0.25, 0.3) is 0 Å². The first-order chi connectivity index (χ1) is 9.07. The summed E-state index contributed by atoms with van der Waals surface area (Å²) in [5.74, 6) is -1.51. The Morgan fingerprint density at radius 3 is 3.00 bits per heavy atom. The molecule has 1 amide bonds. The lowest BCUT2D eigenvalue weighted by Gasteiger charge is -2.23. The summed E-state index contributed by atoms with van der Waals surface area (Å²) in [6.07, 6.45) is 4.24. The number of carboxylic acid groups (broad SMARTS) is 1. The molecular formula is C12H17N3O4. The molecule has 0 saturated carbocycles. The van der Waals surface area contributed by atoms with E-state index in [9.17, 15) is 14.7 Å². The molecule has 2 heterocycles. The van der Waals surface area contributed by atoms with Crippen LogP contribution in [0.2, 0.25) is 0 Å². The third-order valence-corrected chi connectivity index (χ3v) is 3.13. The van der Waals surface area contributed by atoms with Crippen molar-refractivity contribution in [1.29, 1.82) is 0 Å². The molecule has 7 nitrogen and oxygen atoms in total. The summed E-state index contributed by atoms with van der Waals surface area (Å²) in [4.78, 5) is 23.3. The quantitative estimate of drug-likeness (QED) is 0.798. The van der Waals surface area contributed by atoms with Crippen LogP contribution in [0.5, 0.6) is 0 Å². The fourth-order valence-electron chi connectivity index (χ4n) is 2.01. The van der Waals surface area contributed by atoms with Gasteiger partial charge in [-0.05, 0) is 6.42 Å². The fraction of sp³-hybridized carbons (Fsp3) is 0.583. The van der Waals surface area contributed by atoms with Crippen molar-refractivity contribution in [2.24, 2.45) is 0 Å². The second-order valence-corrected chi connectivity index (χ2v) is 4.64. The molecule has 0 aliphatic carbocycles. The molecule has 0 spiro atoms. The smallest absolute Gasteiger partial charge is 0.331 e. The summed E-state index contributed by atoms with van der Waals surface area (Å²) >= 11 is 0. The van der Waals surface area contributed by atoms with Gasteiger partial charge in [0.15, 0.2) is 5.54 Å². The highest BCUT2D eigenvalue weighted by molar-refractivity contribution is 5.97. The molecule has 104 valence electrons. The van der Waals surface area contributed by atoms with Gasteiger partial charge in [0, 0.05) is 25.8 Å². The van der Waals surface area contributed by atoms with E-state index in [-0.39, 0.29) is 13.0 Å². The lowest BCUT2D eigenvalue weighted by Crippen LogP contribution is -2.55. The number of hydrogen-bond acceptors (Lipinski definition) is 4. The number of carbonyl (C=O) groups is 2. The minimum Gasteiger partial charge on any atom is -0.479 e. The van der Waals surface area contributed by atoms with Crippen LogP contribution < -0.4 is 5.32 Å². The number of nitrogens with zero attached hydrogens (tertiary/aromatic N) is 2. The molecule has 1 fully saturated rings. The Hall–Kier alpha value is -1.89. The van der Waals surface area contributed by atoms with Gasteiger partial charge in [0.2, 0.25) is 0 Å². The van der Waals surface area contributed by atoms with E-state index in [1.165, 1.54) is 6.20 Å². The summed E-state index contributed by atoms with van der Waals surface area (Å²) < 4.78 is 6.75.